The van der Waals surface area contributed by atoms with Gasteiger partial charge in [0.15, 0.2) is 0 Å². The fourth-order valence-electron chi connectivity index (χ4n) is 2.03. The van der Waals surface area contributed by atoms with Crippen LogP contribution in [0.5, 0.6) is 0 Å². The smallest absolute Gasteiger partial charge is 0.0726 e. The Morgan fingerprint density at radius 1 is 1.53 bits per heavy atom. The fraction of sp³-hybridized carbons (Fsp3) is 0.750. The molecule has 0 unspecified atom stereocenters. The zero-order chi connectivity index (χ0) is 11.9. The number of aromatic nitrogens is 2. The summed E-state index contributed by atoms with van der Waals surface area (Å²) in [6.07, 6.45) is 7.63. The van der Waals surface area contributed by atoms with Crippen molar-refractivity contribution in [1.29, 1.82) is 0 Å². The van der Waals surface area contributed by atoms with Gasteiger partial charge < -0.3 is 15.4 Å². The number of hydrogen-bond donors (Lipinski definition) is 2. The number of ether oxygens (including phenoxy) is 1. The summed E-state index contributed by atoms with van der Waals surface area (Å²) in [5, 5.41) is 10.8. The van der Waals surface area contributed by atoms with Crippen molar-refractivity contribution in [1.82, 2.24) is 15.1 Å². The Balaban J connectivity index is 1.51. The van der Waals surface area contributed by atoms with Crippen molar-refractivity contribution in [2.45, 2.75) is 25.4 Å². The van der Waals surface area contributed by atoms with Crippen molar-refractivity contribution in [2.24, 2.45) is 7.05 Å². The normalized spacial score (nSPS) is 17.2. The highest BCUT2D eigenvalue weighted by atomic mass is 16.5. The Morgan fingerprint density at radius 3 is 3.06 bits per heavy atom. The highest BCUT2D eigenvalue weighted by Crippen LogP contribution is 2.08. The molecule has 2 N–H and O–H groups in total. The lowest BCUT2D eigenvalue weighted by molar-refractivity contribution is 0.0329. The van der Waals surface area contributed by atoms with E-state index in [0.717, 1.165) is 51.2 Å². The van der Waals surface area contributed by atoms with Crippen molar-refractivity contribution in [3.63, 3.8) is 0 Å². The van der Waals surface area contributed by atoms with Gasteiger partial charge in [0, 0.05) is 26.4 Å². The summed E-state index contributed by atoms with van der Waals surface area (Å²) in [4.78, 5) is 0. The maximum Gasteiger partial charge on any atom is 0.0726 e. The largest absolute Gasteiger partial charge is 0.382 e. The van der Waals surface area contributed by atoms with Crippen LogP contribution in [0.3, 0.4) is 0 Å². The average Bonchev–Trinajstić information content (AvgIpc) is 2.76. The first-order chi connectivity index (χ1) is 8.34. The molecular weight excluding hydrogens is 216 g/mol. The number of nitrogens with one attached hydrogen (secondary N) is 2. The van der Waals surface area contributed by atoms with Gasteiger partial charge in [-0.15, -0.1) is 0 Å². The first kappa shape index (κ1) is 12.4. The second kappa shape index (κ2) is 6.61. The van der Waals surface area contributed by atoms with Crippen LogP contribution in [-0.2, 0) is 11.8 Å². The summed E-state index contributed by atoms with van der Waals surface area (Å²) in [5.74, 6) is 0. The minimum Gasteiger partial charge on any atom is -0.382 e. The van der Waals surface area contributed by atoms with Gasteiger partial charge in [0.2, 0.25) is 0 Å². The Morgan fingerprint density at radius 2 is 2.35 bits per heavy atom. The molecule has 2 rings (SSSR count). The van der Waals surface area contributed by atoms with E-state index in [1.165, 1.54) is 0 Å². The second-order valence-electron chi connectivity index (χ2n) is 4.50. The molecule has 0 bridgehead atoms. The van der Waals surface area contributed by atoms with Crippen molar-refractivity contribution in [3.8, 4) is 0 Å². The maximum atomic E-state index is 5.83. The van der Waals surface area contributed by atoms with Crippen molar-refractivity contribution < 1.29 is 4.74 Å². The molecule has 0 aromatic carbocycles. The molecule has 0 atom stereocenters. The molecule has 1 fully saturated rings. The van der Waals surface area contributed by atoms with Gasteiger partial charge >= 0.3 is 0 Å². The van der Waals surface area contributed by atoms with Crippen molar-refractivity contribution >= 4 is 5.69 Å². The van der Waals surface area contributed by atoms with Crippen molar-refractivity contribution in [2.75, 3.05) is 31.6 Å². The third-order valence-corrected chi connectivity index (χ3v) is 2.99. The number of anilines is 1. The maximum absolute atomic E-state index is 5.83. The summed E-state index contributed by atoms with van der Waals surface area (Å²) in [5.41, 5.74) is 1.08. The van der Waals surface area contributed by atoms with Gasteiger partial charge in [-0.2, -0.15) is 5.10 Å². The summed E-state index contributed by atoms with van der Waals surface area (Å²) in [6, 6.07) is 0. The molecule has 1 aromatic rings. The standard InChI is InChI=1S/C12H22N4O/c1-16-10-11(9-15-16)14-5-2-8-17-12-3-6-13-7-4-12/h9-10,12-14H,2-8H2,1H3. The lowest BCUT2D eigenvalue weighted by Crippen LogP contribution is -2.32. The van der Waals surface area contributed by atoms with Crippen molar-refractivity contribution in [3.05, 3.63) is 12.4 Å². The van der Waals surface area contributed by atoms with Crippen LogP contribution in [-0.4, -0.2) is 42.1 Å². The summed E-state index contributed by atoms with van der Waals surface area (Å²) in [6.45, 7) is 3.98. The van der Waals surface area contributed by atoms with Crippen LogP contribution in [0.25, 0.3) is 0 Å². The van der Waals surface area contributed by atoms with Crippen LogP contribution in [0.15, 0.2) is 12.4 Å². The molecule has 5 nitrogen and oxygen atoms in total. The average molecular weight is 238 g/mol. The van der Waals surface area contributed by atoms with Crippen LogP contribution in [0.2, 0.25) is 0 Å². The molecule has 5 heteroatoms. The van der Waals surface area contributed by atoms with E-state index in [4.69, 9.17) is 4.74 Å². The highest BCUT2D eigenvalue weighted by Gasteiger charge is 2.12. The lowest BCUT2D eigenvalue weighted by atomic mass is 10.1. The fourth-order valence-corrected chi connectivity index (χ4v) is 2.03. The highest BCUT2D eigenvalue weighted by molar-refractivity contribution is 5.37. The molecule has 2 heterocycles. The zero-order valence-corrected chi connectivity index (χ0v) is 10.5. The minimum absolute atomic E-state index is 0.467. The van der Waals surface area contributed by atoms with Gasteiger partial charge in [-0.1, -0.05) is 0 Å². The molecule has 0 saturated carbocycles. The minimum atomic E-state index is 0.467. The predicted octanol–water partition coefficient (Wildman–Crippen LogP) is 0.991. The molecule has 0 radical (unpaired) electrons. The van der Waals surface area contributed by atoms with Crippen LogP contribution >= 0.6 is 0 Å². The molecule has 1 aliphatic heterocycles. The molecule has 0 spiro atoms. The van der Waals surface area contributed by atoms with E-state index >= 15 is 0 Å². The number of hydrogen-bond acceptors (Lipinski definition) is 4. The predicted molar refractivity (Wildman–Crippen MR) is 68.2 cm³/mol. The summed E-state index contributed by atoms with van der Waals surface area (Å²) >= 11 is 0. The molecule has 1 aliphatic rings. The Bertz CT molecular complexity index is 320. The van der Waals surface area contributed by atoms with Crippen LogP contribution in [0, 0.1) is 0 Å². The summed E-state index contributed by atoms with van der Waals surface area (Å²) in [7, 11) is 1.92. The monoisotopic (exact) mass is 238 g/mol. The molecule has 0 amide bonds. The number of piperidine rings is 1. The first-order valence-electron chi connectivity index (χ1n) is 6.39. The number of rotatable bonds is 6. The van der Waals surface area contributed by atoms with Crippen LogP contribution in [0.4, 0.5) is 5.69 Å². The molecule has 96 valence electrons. The van der Waals surface area contributed by atoms with Gasteiger partial charge in [0.25, 0.3) is 0 Å². The van der Waals surface area contributed by atoms with Gasteiger partial charge in [-0.05, 0) is 32.4 Å². The third-order valence-electron chi connectivity index (χ3n) is 2.99. The second-order valence-corrected chi connectivity index (χ2v) is 4.50. The van der Waals surface area contributed by atoms with E-state index in [-0.39, 0.29) is 0 Å². The van der Waals surface area contributed by atoms with E-state index < -0.39 is 0 Å². The quantitative estimate of drug-likeness (QED) is 0.726. The van der Waals surface area contributed by atoms with Gasteiger partial charge in [-0.3, -0.25) is 4.68 Å². The lowest BCUT2D eigenvalue weighted by Gasteiger charge is -2.22. The molecule has 1 aromatic heterocycles. The van der Waals surface area contributed by atoms with Gasteiger partial charge in [-0.25, -0.2) is 0 Å². The Hall–Kier alpha value is -1.07. The summed E-state index contributed by atoms with van der Waals surface area (Å²) < 4.78 is 7.62. The van der Waals surface area contributed by atoms with Crippen LogP contribution < -0.4 is 10.6 Å². The number of aryl methyl sites for hydroxylation is 1. The van der Waals surface area contributed by atoms with Gasteiger partial charge in [0.1, 0.15) is 0 Å². The third kappa shape index (κ3) is 4.36. The Kier molecular flexibility index (Phi) is 4.82. The SMILES string of the molecule is Cn1cc(NCCCOC2CCNCC2)cn1. The van der Waals surface area contributed by atoms with E-state index in [9.17, 15) is 0 Å². The topological polar surface area (TPSA) is 51.1 Å². The van der Waals surface area contributed by atoms with E-state index in [2.05, 4.69) is 15.7 Å². The van der Waals surface area contributed by atoms with E-state index in [1.807, 2.05) is 19.4 Å². The van der Waals surface area contributed by atoms with E-state index in [0.29, 0.717) is 6.10 Å². The molecule has 17 heavy (non-hydrogen) atoms. The van der Waals surface area contributed by atoms with E-state index in [1.54, 1.807) is 4.68 Å². The zero-order valence-electron chi connectivity index (χ0n) is 10.5. The van der Waals surface area contributed by atoms with Crippen LogP contribution in [0.1, 0.15) is 19.3 Å². The Labute approximate surface area is 103 Å². The number of nitrogens with zero attached hydrogens (tertiary/aromatic N) is 2. The van der Waals surface area contributed by atoms with Gasteiger partial charge in [0.05, 0.1) is 18.0 Å². The molecule has 0 aliphatic carbocycles. The first-order valence-corrected chi connectivity index (χ1v) is 6.39. The molecule has 1 saturated heterocycles. The molecular formula is C12H22N4O.